The molecular weight excluding hydrogens is 351 g/mol. The first kappa shape index (κ1) is 17.5. The van der Waals surface area contributed by atoms with Gasteiger partial charge in [0.05, 0.1) is 12.3 Å². The highest BCUT2D eigenvalue weighted by molar-refractivity contribution is 8.04. The topological polar surface area (TPSA) is 69.7 Å². The Morgan fingerprint density at radius 3 is 2.92 bits per heavy atom. The van der Waals surface area contributed by atoms with E-state index in [4.69, 9.17) is 17.3 Å². The molecule has 7 heteroatoms. The van der Waals surface area contributed by atoms with Gasteiger partial charge in [0, 0.05) is 33.0 Å². The molecule has 3 unspecified atom stereocenters. The zero-order valence-electron chi connectivity index (χ0n) is 13.0. The highest BCUT2D eigenvalue weighted by Gasteiger charge is 2.37. The average molecular weight is 369 g/mol. The van der Waals surface area contributed by atoms with Crippen molar-refractivity contribution in [2.45, 2.75) is 23.9 Å². The second-order valence-electron chi connectivity index (χ2n) is 5.91. The molecule has 0 fully saturated rings. The summed E-state index contributed by atoms with van der Waals surface area (Å²) in [5.74, 6) is -0.435. The van der Waals surface area contributed by atoms with Gasteiger partial charge in [0.15, 0.2) is 5.72 Å². The summed E-state index contributed by atoms with van der Waals surface area (Å²) in [4.78, 5) is 2.49. The van der Waals surface area contributed by atoms with Crippen molar-refractivity contribution in [3.63, 3.8) is 0 Å². The minimum Gasteiger partial charge on any atom is -0.391 e. The van der Waals surface area contributed by atoms with Crippen LogP contribution in [-0.2, 0) is 0 Å². The van der Waals surface area contributed by atoms with Gasteiger partial charge in [-0.05, 0) is 37.3 Å². The highest BCUT2D eigenvalue weighted by atomic mass is 35.5. The van der Waals surface area contributed by atoms with E-state index in [9.17, 15) is 14.6 Å². The van der Waals surface area contributed by atoms with Crippen LogP contribution in [0.15, 0.2) is 53.2 Å². The molecule has 4 N–H and O–H groups in total. The van der Waals surface area contributed by atoms with Crippen molar-refractivity contribution in [3.8, 4) is 0 Å². The van der Waals surface area contributed by atoms with Crippen LogP contribution >= 0.6 is 23.4 Å². The Morgan fingerprint density at radius 1 is 1.50 bits per heavy atom. The first-order chi connectivity index (χ1) is 11.3. The molecule has 0 aliphatic carbocycles. The number of aliphatic hydroxyl groups excluding tert-OH is 1. The van der Waals surface area contributed by atoms with Crippen molar-refractivity contribution < 1.29 is 14.6 Å². The van der Waals surface area contributed by atoms with Gasteiger partial charge in [0.1, 0.15) is 5.82 Å². The van der Waals surface area contributed by atoms with E-state index in [-0.39, 0.29) is 10.8 Å². The molecular formula is C17H18ClFN2O2S. The lowest BCUT2D eigenvalue weighted by atomic mass is 10.0. The normalized spacial score (nSPS) is 23.4. The van der Waals surface area contributed by atoms with E-state index in [0.717, 1.165) is 10.6 Å². The van der Waals surface area contributed by atoms with E-state index >= 15 is 0 Å². The van der Waals surface area contributed by atoms with Crippen molar-refractivity contribution in [1.82, 2.24) is 4.90 Å². The fraction of sp³-hybridized carbons (Fsp3) is 0.294. The Kier molecular flexibility index (Phi) is 4.77. The molecule has 3 atom stereocenters. The van der Waals surface area contributed by atoms with E-state index in [1.54, 1.807) is 29.3 Å². The summed E-state index contributed by atoms with van der Waals surface area (Å²) in [5, 5.41) is 19.8. The molecule has 3 rings (SSSR count). The van der Waals surface area contributed by atoms with Crippen molar-refractivity contribution in [3.05, 3.63) is 69.6 Å². The van der Waals surface area contributed by atoms with Gasteiger partial charge in [-0.25, -0.2) is 4.39 Å². The number of halogens is 2. The summed E-state index contributed by atoms with van der Waals surface area (Å²) in [6, 6.07) is 3.86. The van der Waals surface area contributed by atoms with E-state index in [2.05, 4.69) is 0 Å². The van der Waals surface area contributed by atoms with Crippen molar-refractivity contribution in [2.75, 3.05) is 6.61 Å². The van der Waals surface area contributed by atoms with Gasteiger partial charge in [0.25, 0.3) is 0 Å². The van der Waals surface area contributed by atoms with Gasteiger partial charge in [-0.1, -0.05) is 17.7 Å². The summed E-state index contributed by atoms with van der Waals surface area (Å²) in [7, 11) is 0. The van der Waals surface area contributed by atoms with Gasteiger partial charge < -0.3 is 20.8 Å². The molecule has 2 aliphatic rings. The van der Waals surface area contributed by atoms with Crippen molar-refractivity contribution in [1.29, 1.82) is 0 Å². The summed E-state index contributed by atoms with van der Waals surface area (Å²) >= 11 is 7.60. The predicted octanol–water partition coefficient (Wildman–Crippen LogP) is 2.89. The number of rotatable bonds is 4. The Balaban J connectivity index is 1.93. The molecule has 2 aliphatic heterocycles. The zero-order chi connectivity index (χ0) is 17.5. The van der Waals surface area contributed by atoms with Crippen LogP contribution in [0.5, 0.6) is 0 Å². The molecule has 0 aromatic heterocycles. The predicted molar refractivity (Wildman–Crippen MR) is 94.6 cm³/mol. The largest absolute Gasteiger partial charge is 0.391 e. The van der Waals surface area contributed by atoms with Crippen LogP contribution in [0.1, 0.15) is 18.5 Å². The van der Waals surface area contributed by atoms with Crippen LogP contribution in [0.3, 0.4) is 0 Å². The number of hydrogen-bond donors (Lipinski definition) is 3. The number of allylic oxidation sites excluding steroid dienone is 2. The number of nitrogens with two attached hydrogens (primary N) is 1. The third-order valence-electron chi connectivity index (χ3n) is 4.09. The Hall–Kier alpha value is -1.31. The van der Waals surface area contributed by atoms with Crippen LogP contribution < -0.4 is 5.73 Å². The van der Waals surface area contributed by atoms with Crippen molar-refractivity contribution >= 4 is 23.4 Å². The average Bonchev–Trinajstić information content (AvgIpc) is 2.98. The molecule has 0 spiro atoms. The maximum absolute atomic E-state index is 14.1. The molecule has 24 heavy (non-hydrogen) atoms. The molecule has 4 nitrogen and oxygen atoms in total. The minimum absolute atomic E-state index is 0.238. The summed E-state index contributed by atoms with van der Waals surface area (Å²) in [6.45, 7) is 1.09. The Morgan fingerprint density at radius 2 is 2.25 bits per heavy atom. The molecule has 0 bridgehead atoms. The van der Waals surface area contributed by atoms with Crippen molar-refractivity contribution in [2.24, 2.45) is 5.73 Å². The standard InChI is InChI=1S/C17H18ClFN2O2S/c1-17(23,9-22)21-7-3-6-13-12(21)8-14(24-13)16(20)15-10(18)4-2-5-11(15)19/h2-8,14,16,22-23H,9,20H2,1H3. The first-order valence-corrected chi connectivity index (χ1v) is 8.70. The summed E-state index contributed by atoms with van der Waals surface area (Å²) in [5.41, 5.74) is 5.87. The molecule has 0 amide bonds. The number of nitrogens with zero attached hydrogens (tertiary/aromatic N) is 1. The smallest absolute Gasteiger partial charge is 0.162 e. The molecule has 2 heterocycles. The van der Waals surface area contributed by atoms with E-state index in [0.29, 0.717) is 5.02 Å². The maximum Gasteiger partial charge on any atom is 0.162 e. The minimum atomic E-state index is -1.43. The fourth-order valence-electron chi connectivity index (χ4n) is 2.77. The molecule has 0 saturated heterocycles. The number of benzene rings is 1. The van der Waals surface area contributed by atoms with Crippen LogP contribution in [0, 0.1) is 5.82 Å². The monoisotopic (exact) mass is 368 g/mol. The summed E-state index contributed by atoms with van der Waals surface area (Å²) in [6.07, 6.45) is 7.25. The number of hydrogen-bond acceptors (Lipinski definition) is 5. The fourth-order valence-corrected chi connectivity index (χ4v) is 4.27. The van der Waals surface area contributed by atoms with Gasteiger partial charge >= 0.3 is 0 Å². The molecule has 0 radical (unpaired) electrons. The van der Waals surface area contributed by atoms with Crippen LogP contribution in [0.4, 0.5) is 4.39 Å². The second kappa shape index (κ2) is 6.54. The number of thioether (sulfide) groups is 1. The van der Waals surface area contributed by atoms with Crippen LogP contribution in [0.2, 0.25) is 5.02 Å². The van der Waals surface area contributed by atoms with Gasteiger partial charge in [0.2, 0.25) is 0 Å². The Bertz CT molecular complexity index is 728. The lowest BCUT2D eigenvalue weighted by Crippen LogP contribution is -2.46. The SMILES string of the molecule is CC(O)(CO)N1C=CC=C2SC(C(N)c3c(F)cccc3Cl)C=C21. The third-order valence-corrected chi connectivity index (χ3v) is 5.72. The van der Waals surface area contributed by atoms with E-state index in [1.165, 1.54) is 24.8 Å². The molecule has 128 valence electrons. The quantitative estimate of drug-likeness (QED) is 0.762. The number of fused-ring (bicyclic) bond motifs is 1. The maximum atomic E-state index is 14.1. The van der Waals surface area contributed by atoms with E-state index < -0.39 is 24.2 Å². The molecule has 1 aromatic carbocycles. The van der Waals surface area contributed by atoms with Crippen LogP contribution in [0.25, 0.3) is 0 Å². The van der Waals surface area contributed by atoms with Gasteiger partial charge in [-0.3, -0.25) is 0 Å². The lowest BCUT2D eigenvalue weighted by molar-refractivity contribution is -0.0859. The summed E-state index contributed by atoms with van der Waals surface area (Å²) < 4.78 is 14.1. The lowest BCUT2D eigenvalue weighted by Gasteiger charge is -2.37. The molecule has 1 aromatic rings. The molecule has 0 saturated carbocycles. The Labute approximate surface area is 149 Å². The number of aliphatic hydroxyl groups is 2. The first-order valence-electron chi connectivity index (χ1n) is 7.44. The zero-order valence-corrected chi connectivity index (χ0v) is 14.6. The van der Waals surface area contributed by atoms with Gasteiger partial charge in [-0.2, -0.15) is 0 Å². The van der Waals surface area contributed by atoms with E-state index in [1.807, 2.05) is 12.2 Å². The highest BCUT2D eigenvalue weighted by Crippen LogP contribution is 2.46. The van der Waals surface area contributed by atoms with Crippen LogP contribution in [-0.4, -0.2) is 32.7 Å². The second-order valence-corrected chi connectivity index (χ2v) is 7.54. The van der Waals surface area contributed by atoms with Gasteiger partial charge in [-0.15, -0.1) is 11.8 Å². The third kappa shape index (κ3) is 3.00.